The SMILES string of the molecule is Cc1cc(-n2c(C)cc(C(=O)CSc3nnc([C@H](C)N(C)C)n3-c3ccc(F)cc3)c2C)no1. The minimum Gasteiger partial charge on any atom is -0.360 e. The predicted molar refractivity (Wildman–Crippen MR) is 129 cm³/mol. The lowest BCUT2D eigenvalue weighted by molar-refractivity contribution is 0.102. The third-order valence-corrected chi connectivity index (χ3v) is 6.73. The van der Waals surface area contributed by atoms with Crippen molar-refractivity contribution < 1.29 is 13.7 Å². The first-order valence-corrected chi connectivity index (χ1v) is 11.8. The van der Waals surface area contributed by atoms with Gasteiger partial charge in [0.25, 0.3) is 0 Å². The molecule has 0 bridgehead atoms. The average Bonchev–Trinajstić information content (AvgIpc) is 3.49. The second-order valence-electron chi connectivity index (χ2n) is 8.42. The number of hydrogen-bond donors (Lipinski definition) is 0. The second kappa shape index (κ2) is 9.55. The van der Waals surface area contributed by atoms with Crippen LogP contribution in [0.3, 0.4) is 0 Å². The Kier molecular flexibility index (Phi) is 6.72. The smallest absolute Gasteiger partial charge is 0.196 e. The highest BCUT2D eigenvalue weighted by Crippen LogP contribution is 2.28. The fourth-order valence-corrected chi connectivity index (χ4v) is 4.62. The number of carbonyl (C=O) groups is 1. The molecule has 0 N–H and O–H groups in total. The fraction of sp³-hybridized carbons (Fsp3) is 0.333. The Hall–Kier alpha value is -3.24. The van der Waals surface area contributed by atoms with Gasteiger partial charge in [-0.15, -0.1) is 10.2 Å². The van der Waals surface area contributed by atoms with Gasteiger partial charge in [0.2, 0.25) is 0 Å². The molecule has 0 saturated carbocycles. The van der Waals surface area contributed by atoms with Crippen molar-refractivity contribution in [1.82, 2.24) is 29.4 Å². The third-order valence-electron chi connectivity index (χ3n) is 5.80. The van der Waals surface area contributed by atoms with Crippen LogP contribution < -0.4 is 0 Å². The van der Waals surface area contributed by atoms with Crippen LogP contribution in [0.5, 0.6) is 0 Å². The summed E-state index contributed by atoms with van der Waals surface area (Å²) in [4.78, 5) is 15.2. The Balaban J connectivity index is 1.62. The number of benzene rings is 1. The molecule has 0 unspecified atom stereocenters. The second-order valence-corrected chi connectivity index (χ2v) is 9.36. The molecular weight excluding hydrogens is 455 g/mol. The molecule has 8 nitrogen and oxygen atoms in total. The fourth-order valence-electron chi connectivity index (χ4n) is 3.77. The molecule has 178 valence electrons. The maximum absolute atomic E-state index is 13.5. The largest absolute Gasteiger partial charge is 0.360 e. The Morgan fingerprint density at radius 1 is 1.12 bits per heavy atom. The highest BCUT2D eigenvalue weighted by atomic mass is 32.2. The first-order chi connectivity index (χ1) is 16.2. The van der Waals surface area contributed by atoms with Gasteiger partial charge < -0.3 is 4.52 Å². The Morgan fingerprint density at radius 2 is 1.82 bits per heavy atom. The minimum absolute atomic E-state index is 0.0274. The highest BCUT2D eigenvalue weighted by Gasteiger charge is 2.23. The number of carbonyl (C=O) groups excluding carboxylic acids is 1. The van der Waals surface area contributed by atoms with Gasteiger partial charge in [-0.1, -0.05) is 16.9 Å². The van der Waals surface area contributed by atoms with Gasteiger partial charge in [-0.2, -0.15) is 0 Å². The van der Waals surface area contributed by atoms with Gasteiger partial charge in [0.1, 0.15) is 11.6 Å². The van der Waals surface area contributed by atoms with Crippen molar-refractivity contribution in [3.8, 4) is 11.5 Å². The van der Waals surface area contributed by atoms with Gasteiger partial charge in [-0.25, -0.2) is 4.39 Å². The number of nitrogens with zero attached hydrogens (tertiary/aromatic N) is 6. The number of Topliss-reactive ketones (excluding diaryl/α,β-unsaturated/α-hetero) is 1. The molecule has 4 aromatic rings. The molecule has 34 heavy (non-hydrogen) atoms. The number of hydrogen-bond acceptors (Lipinski definition) is 7. The minimum atomic E-state index is -0.318. The summed E-state index contributed by atoms with van der Waals surface area (Å²) in [6, 6.07) is 9.84. The molecule has 1 aromatic carbocycles. The molecule has 1 atom stereocenters. The van der Waals surface area contributed by atoms with E-state index in [4.69, 9.17) is 4.52 Å². The van der Waals surface area contributed by atoms with Crippen LogP contribution in [0.15, 0.2) is 46.1 Å². The zero-order valence-electron chi connectivity index (χ0n) is 20.0. The average molecular weight is 483 g/mol. The predicted octanol–water partition coefficient (Wildman–Crippen LogP) is 4.71. The first kappa shape index (κ1) is 23.9. The highest BCUT2D eigenvalue weighted by molar-refractivity contribution is 7.99. The molecule has 0 aliphatic rings. The van der Waals surface area contributed by atoms with E-state index >= 15 is 0 Å². The summed E-state index contributed by atoms with van der Waals surface area (Å²) >= 11 is 1.31. The van der Waals surface area contributed by atoms with E-state index in [9.17, 15) is 9.18 Å². The summed E-state index contributed by atoms with van der Waals surface area (Å²) in [5.41, 5.74) is 3.07. The molecule has 0 fully saturated rings. The molecule has 10 heteroatoms. The summed E-state index contributed by atoms with van der Waals surface area (Å²) in [6.45, 7) is 7.67. The van der Waals surface area contributed by atoms with Crippen LogP contribution in [-0.4, -0.2) is 55.0 Å². The number of rotatable bonds is 8. The van der Waals surface area contributed by atoms with Crippen LogP contribution in [0.1, 0.15) is 46.3 Å². The van der Waals surface area contributed by atoms with Crippen molar-refractivity contribution >= 4 is 17.5 Å². The van der Waals surface area contributed by atoms with Crippen LogP contribution in [0, 0.1) is 26.6 Å². The van der Waals surface area contributed by atoms with Crippen LogP contribution in [0.2, 0.25) is 0 Å². The number of thioether (sulfide) groups is 1. The normalized spacial score (nSPS) is 12.5. The molecule has 0 radical (unpaired) electrons. The lowest BCUT2D eigenvalue weighted by atomic mass is 10.2. The van der Waals surface area contributed by atoms with E-state index in [0.29, 0.717) is 28.1 Å². The summed E-state index contributed by atoms with van der Waals surface area (Å²) in [6.07, 6.45) is 0. The van der Waals surface area contributed by atoms with E-state index in [1.807, 2.05) is 68.0 Å². The molecule has 3 aromatic heterocycles. The summed E-state index contributed by atoms with van der Waals surface area (Å²) < 4.78 is 22.5. The summed E-state index contributed by atoms with van der Waals surface area (Å²) in [7, 11) is 3.91. The molecule has 0 amide bonds. The van der Waals surface area contributed by atoms with Crippen molar-refractivity contribution in [2.75, 3.05) is 19.8 Å². The van der Waals surface area contributed by atoms with Gasteiger partial charge in [0, 0.05) is 28.7 Å². The van der Waals surface area contributed by atoms with E-state index in [2.05, 4.69) is 15.4 Å². The standard InChI is InChI=1S/C24H27FN6O2S/c1-14-11-20(16(3)30(14)22-12-15(2)33-28-22)21(32)13-34-24-27-26-23(17(4)29(5)6)31(24)19-9-7-18(25)8-10-19/h7-12,17H,13H2,1-6H3/t17-/m0/s1. The topological polar surface area (TPSA) is 82.0 Å². The van der Waals surface area contributed by atoms with E-state index in [0.717, 1.165) is 17.1 Å². The number of aryl methyl sites for hydroxylation is 2. The summed E-state index contributed by atoms with van der Waals surface area (Å²) in [5.74, 6) is 1.90. The monoisotopic (exact) mass is 482 g/mol. The van der Waals surface area contributed by atoms with Crippen molar-refractivity contribution in [3.05, 3.63) is 70.8 Å². The van der Waals surface area contributed by atoms with Crippen LogP contribution >= 0.6 is 11.8 Å². The van der Waals surface area contributed by atoms with Crippen molar-refractivity contribution in [2.24, 2.45) is 0 Å². The number of aromatic nitrogens is 5. The van der Waals surface area contributed by atoms with Gasteiger partial charge in [0.15, 0.2) is 22.6 Å². The molecule has 0 saturated heterocycles. The van der Waals surface area contributed by atoms with Crippen molar-refractivity contribution in [1.29, 1.82) is 0 Å². The van der Waals surface area contributed by atoms with Crippen molar-refractivity contribution in [2.45, 2.75) is 38.9 Å². The third kappa shape index (κ3) is 4.55. The van der Waals surface area contributed by atoms with Gasteiger partial charge >= 0.3 is 0 Å². The van der Waals surface area contributed by atoms with Gasteiger partial charge in [0.05, 0.1) is 11.8 Å². The molecular formula is C24H27FN6O2S. The van der Waals surface area contributed by atoms with E-state index in [1.54, 1.807) is 12.1 Å². The maximum Gasteiger partial charge on any atom is 0.196 e. The van der Waals surface area contributed by atoms with Crippen LogP contribution in [0.25, 0.3) is 11.5 Å². The van der Waals surface area contributed by atoms with E-state index in [-0.39, 0.29) is 23.4 Å². The van der Waals surface area contributed by atoms with Gasteiger partial charge in [-0.3, -0.25) is 18.8 Å². The van der Waals surface area contributed by atoms with Crippen molar-refractivity contribution in [3.63, 3.8) is 0 Å². The zero-order chi connectivity index (χ0) is 24.6. The van der Waals surface area contributed by atoms with Crippen LogP contribution in [-0.2, 0) is 0 Å². The lowest BCUT2D eigenvalue weighted by Gasteiger charge is -2.20. The molecule has 0 aliphatic heterocycles. The van der Waals surface area contributed by atoms with E-state index < -0.39 is 0 Å². The molecule has 0 spiro atoms. The Morgan fingerprint density at radius 3 is 2.44 bits per heavy atom. The number of ketones is 1. The Bertz CT molecular complexity index is 1320. The summed E-state index contributed by atoms with van der Waals surface area (Å²) in [5, 5.41) is 13.4. The van der Waals surface area contributed by atoms with Crippen LogP contribution in [0.4, 0.5) is 4.39 Å². The number of halogens is 1. The first-order valence-electron chi connectivity index (χ1n) is 10.8. The lowest BCUT2D eigenvalue weighted by Crippen LogP contribution is -2.20. The maximum atomic E-state index is 13.5. The molecule has 4 rings (SSSR count). The molecule has 0 aliphatic carbocycles. The quantitative estimate of drug-likeness (QED) is 0.266. The van der Waals surface area contributed by atoms with Gasteiger partial charge in [-0.05, 0) is 72.1 Å². The van der Waals surface area contributed by atoms with E-state index in [1.165, 1.54) is 23.9 Å². The Labute approximate surface area is 201 Å². The zero-order valence-corrected chi connectivity index (χ0v) is 20.9. The molecule has 3 heterocycles.